The number of carbonyl (C=O) groups excluding carboxylic acids is 2. The quantitative estimate of drug-likeness (QED) is 0.850. The van der Waals surface area contributed by atoms with Gasteiger partial charge in [-0.3, -0.25) is 9.59 Å². The topological polar surface area (TPSA) is 37.4 Å². The highest BCUT2D eigenvalue weighted by molar-refractivity contribution is 6.01. The molecule has 106 valence electrons. The molecule has 0 spiro atoms. The normalized spacial score (nSPS) is 19.2. The van der Waals surface area contributed by atoms with Crippen molar-refractivity contribution < 1.29 is 14.0 Å². The van der Waals surface area contributed by atoms with Crippen LogP contribution in [-0.4, -0.2) is 18.2 Å². The molecule has 0 unspecified atom stereocenters. The van der Waals surface area contributed by atoms with Gasteiger partial charge in [0.1, 0.15) is 5.82 Å². The first-order chi connectivity index (χ1) is 9.65. The second-order valence-electron chi connectivity index (χ2n) is 5.70. The number of nitrogens with zero attached hydrogens (tertiary/aromatic N) is 1. The predicted octanol–water partition coefficient (Wildman–Crippen LogP) is 2.86. The van der Waals surface area contributed by atoms with Gasteiger partial charge in [0.25, 0.3) is 0 Å². The summed E-state index contributed by atoms with van der Waals surface area (Å²) >= 11 is 0. The van der Waals surface area contributed by atoms with Gasteiger partial charge in [0.05, 0.1) is 6.54 Å². The Morgan fingerprint density at radius 1 is 1.25 bits per heavy atom. The fourth-order valence-electron chi connectivity index (χ4n) is 3.23. The number of hydrogen-bond acceptors (Lipinski definition) is 2. The highest BCUT2D eigenvalue weighted by atomic mass is 19.1. The van der Waals surface area contributed by atoms with Gasteiger partial charge < -0.3 is 4.90 Å². The van der Waals surface area contributed by atoms with E-state index in [1.54, 1.807) is 11.0 Å². The van der Waals surface area contributed by atoms with Gasteiger partial charge in [-0.25, -0.2) is 4.39 Å². The van der Waals surface area contributed by atoms with Crippen LogP contribution in [0.2, 0.25) is 0 Å². The van der Waals surface area contributed by atoms with E-state index in [9.17, 15) is 14.0 Å². The number of ketones is 1. The molecule has 1 aliphatic heterocycles. The largest absolute Gasteiger partial charge is 0.305 e. The van der Waals surface area contributed by atoms with Crippen molar-refractivity contribution >= 4 is 17.4 Å². The molecule has 1 saturated carbocycles. The van der Waals surface area contributed by atoms with E-state index in [1.165, 1.54) is 12.1 Å². The first-order valence-corrected chi connectivity index (χ1v) is 7.26. The third-order valence-corrected chi connectivity index (χ3v) is 4.37. The van der Waals surface area contributed by atoms with Crippen LogP contribution in [0.5, 0.6) is 0 Å². The van der Waals surface area contributed by atoms with Crippen LogP contribution < -0.4 is 4.90 Å². The Bertz CT molecular complexity index is 549. The molecule has 1 heterocycles. The fraction of sp³-hybridized carbons (Fsp3) is 0.500. The van der Waals surface area contributed by atoms with Crippen molar-refractivity contribution in [3.05, 3.63) is 29.6 Å². The predicted molar refractivity (Wildman–Crippen MR) is 74.0 cm³/mol. The first-order valence-electron chi connectivity index (χ1n) is 7.26. The van der Waals surface area contributed by atoms with Crippen LogP contribution >= 0.6 is 0 Å². The van der Waals surface area contributed by atoms with Gasteiger partial charge >= 0.3 is 0 Å². The number of amides is 1. The second kappa shape index (κ2) is 5.35. The molecule has 0 aromatic heterocycles. The van der Waals surface area contributed by atoms with Crippen molar-refractivity contribution in [2.75, 3.05) is 11.4 Å². The zero-order valence-corrected chi connectivity index (χ0v) is 11.4. The third-order valence-electron chi connectivity index (χ3n) is 4.37. The van der Waals surface area contributed by atoms with Gasteiger partial charge in [-0.05, 0) is 43.0 Å². The Labute approximate surface area is 117 Å². The molecule has 1 amide bonds. The van der Waals surface area contributed by atoms with E-state index < -0.39 is 0 Å². The molecule has 20 heavy (non-hydrogen) atoms. The summed E-state index contributed by atoms with van der Waals surface area (Å²) < 4.78 is 13.3. The lowest BCUT2D eigenvalue weighted by atomic mass is 9.98. The van der Waals surface area contributed by atoms with Gasteiger partial charge in [0, 0.05) is 18.0 Å². The Balaban J connectivity index is 1.82. The van der Waals surface area contributed by atoms with Crippen LogP contribution in [0.15, 0.2) is 18.2 Å². The maximum absolute atomic E-state index is 13.3. The molecular formula is C16H18FNO2. The number of carbonyl (C=O) groups is 2. The molecule has 0 bridgehead atoms. The van der Waals surface area contributed by atoms with Gasteiger partial charge in [-0.1, -0.05) is 12.8 Å². The Morgan fingerprint density at radius 2 is 2.00 bits per heavy atom. The van der Waals surface area contributed by atoms with Crippen molar-refractivity contribution in [2.45, 2.75) is 38.5 Å². The highest BCUT2D eigenvalue weighted by Gasteiger charge is 2.30. The summed E-state index contributed by atoms with van der Waals surface area (Å²) in [5.74, 6) is -0.0720. The summed E-state index contributed by atoms with van der Waals surface area (Å²) in [5.41, 5.74) is 1.53. The van der Waals surface area contributed by atoms with Gasteiger partial charge in [-0.15, -0.1) is 0 Å². The van der Waals surface area contributed by atoms with E-state index in [1.807, 2.05) is 0 Å². The summed E-state index contributed by atoms with van der Waals surface area (Å²) in [7, 11) is 0. The number of aryl methyl sites for hydroxylation is 1. The molecule has 1 aromatic carbocycles. The second-order valence-corrected chi connectivity index (χ2v) is 5.70. The van der Waals surface area contributed by atoms with E-state index in [0.717, 1.165) is 31.2 Å². The van der Waals surface area contributed by atoms with Crippen molar-refractivity contribution in [3.63, 3.8) is 0 Å². The average molecular weight is 275 g/mol. The van der Waals surface area contributed by atoms with E-state index >= 15 is 0 Å². The van der Waals surface area contributed by atoms with E-state index in [2.05, 4.69) is 0 Å². The lowest BCUT2D eigenvalue weighted by Gasteiger charge is -2.29. The zero-order valence-electron chi connectivity index (χ0n) is 11.4. The molecule has 4 heteroatoms. The standard InChI is InChI=1S/C16H18FNO2/c17-13-6-7-14-12(9-13)5-8-16(20)18(14)10-15(19)11-3-1-2-4-11/h6-7,9,11H,1-5,8,10H2. The van der Waals surface area contributed by atoms with Gasteiger partial charge in [0.15, 0.2) is 5.78 Å². The molecule has 3 rings (SSSR count). The molecular weight excluding hydrogens is 257 g/mol. The molecule has 1 fully saturated rings. The fourth-order valence-corrected chi connectivity index (χ4v) is 3.23. The summed E-state index contributed by atoms with van der Waals surface area (Å²) in [6.07, 6.45) is 5.00. The van der Waals surface area contributed by atoms with Crippen LogP contribution in [0.25, 0.3) is 0 Å². The maximum Gasteiger partial charge on any atom is 0.227 e. The molecule has 0 atom stereocenters. The maximum atomic E-state index is 13.3. The lowest BCUT2D eigenvalue weighted by molar-refractivity contribution is -0.125. The summed E-state index contributed by atoms with van der Waals surface area (Å²) in [6.45, 7) is 0.141. The third kappa shape index (κ3) is 2.47. The first kappa shape index (κ1) is 13.3. The minimum Gasteiger partial charge on any atom is -0.305 e. The summed E-state index contributed by atoms with van der Waals surface area (Å²) in [4.78, 5) is 25.9. The van der Waals surface area contributed by atoms with E-state index in [4.69, 9.17) is 0 Å². The SMILES string of the molecule is O=C(CN1C(=O)CCc2cc(F)ccc21)C1CCCC1. The van der Waals surface area contributed by atoms with Crippen molar-refractivity contribution in [1.82, 2.24) is 0 Å². The van der Waals surface area contributed by atoms with Crippen molar-refractivity contribution in [3.8, 4) is 0 Å². The monoisotopic (exact) mass is 275 g/mol. The Hall–Kier alpha value is -1.71. The minimum absolute atomic E-state index is 0.0320. The Kier molecular flexibility index (Phi) is 3.55. The van der Waals surface area contributed by atoms with Crippen molar-refractivity contribution in [2.24, 2.45) is 5.92 Å². The number of anilines is 1. The molecule has 0 saturated heterocycles. The van der Waals surface area contributed by atoms with Crippen LogP contribution in [0.3, 0.4) is 0 Å². The number of hydrogen-bond donors (Lipinski definition) is 0. The number of rotatable bonds is 3. The van der Waals surface area contributed by atoms with Crippen molar-refractivity contribution in [1.29, 1.82) is 0 Å². The Morgan fingerprint density at radius 3 is 2.75 bits per heavy atom. The number of fused-ring (bicyclic) bond motifs is 1. The number of Topliss-reactive ketones (excluding diaryl/α,β-unsaturated/α-hetero) is 1. The number of benzene rings is 1. The molecule has 1 aliphatic carbocycles. The van der Waals surface area contributed by atoms with Gasteiger partial charge in [0.2, 0.25) is 5.91 Å². The molecule has 0 N–H and O–H groups in total. The molecule has 0 radical (unpaired) electrons. The van der Waals surface area contributed by atoms with Crippen LogP contribution in [0, 0.1) is 11.7 Å². The highest BCUT2D eigenvalue weighted by Crippen LogP contribution is 2.30. The van der Waals surface area contributed by atoms with E-state index in [-0.39, 0.29) is 30.0 Å². The lowest BCUT2D eigenvalue weighted by Crippen LogP contribution is -2.40. The number of halogens is 1. The van der Waals surface area contributed by atoms with Crippen LogP contribution in [0.1, 0.15) is 37.7 Å². The minimum atomic E-state index is -0.292. The van der Waals surface area contributed by atoms with Gasteiger partial charge in [-0.2, -0.15) is 0 Å². The molecule has 3 nitrogen and oxygen atoms in total. The van der Waals surface area contributed by atoms with E-state index in [0.29, 0.717) is 18.5 Å². The van der Waals surface area contributed by atoms with Crippen LogP contribution in [0.4, 0.5) is 10.1 Å². The zero-order chi connectivity index (χ0) is 14.1. The average Bonchev–Trinajstić information content (AvgIpc) is 2.96. The summed E-state index contributed by atoms with van der Waals surface area (Å²) in [5, 5.41) is 0. The molecule has 2 aliphatic rings. The van der Waals surface area contributed by atoms with Crippen LogP contribution in [-0.2, 0) is 16.0 Å². The molecule has 1 aromatic rings. The summed E-state index contributed by atoms with van der Waals surface area (Å²) in [6, 6.07) is 4.43. The smallest absolute Gasteiger partial charge is 0.227 e.